The molecule has 21 heavy (non-hydrogen) atoms. The summed E-state index contributed by atoms with van der Waals surface area (Å²) in [7, 11) is 0. The van der Waals surface area contributed by atoms with E-state index in [-0.39, 0.29) is 5.91 Å². The Morgan fingerprint density at radius 2 is 2.00 bits per heavy atom. The van der Waals surface area contributed by atoms with E-state index < -0.39 is 17.8 Å². The van der Waals surface area contributed by atoms with E-state index in [9.17, 15) is 14.7 Å². The number of amides is 1. The van der Waals surface area contributed by atoms with Crippen molar-refractivity contribution in [2.45, 2.75) is 26.3 Å². The van der Waals surface area contributed by atoms with Crippen LogP contribution in [0, 0.1) is 11.8 Å². The van der Waals surface area contributed by atoms with Gasteiger partial charge >= 0.3 is 5.97 Å². The van der Waals surface area contributed by atoms with Crippen LogP contribution in [0.4, 0.5) is 0 Å². The van der Waals surface area contributed by atoms with Crippen molar-refractivity contribution in [2.75, 3.05) is 6.54 Å². The van der Waals surface area contributed by atoms with Crippen LogP contribution in [0.2, 0.25) is 4.34 Å². The van der Waals surface area contributed by atoms with Gasteiger partial charge in [0.15, 0.2) is 0 Å². The quantitative estimate of drug-likeness (QED) is 0.843. The van der Waals surface area contributed by atoms with Gasteiger partial charge in [-0.25, -0.2) is 0 Å². The highest BCUT2D eigenvalue weighted by Crippen LogP contribution is 2.29. The molecule has 0 radical (unpaired) electrons. The van der Waals surface area contributed by atoms with Crippen LogP contribution in [-0.2, 0) is 16.1 Å². The lowest BCUT2D eigenvalue weighted by Gasteiger charge is -2.30. The number of aliphatic carboxylic acids is 1. The molecule has 0 saturated heterocycles. The Morgan fingerprint density at radius 3 is 2.52 bits per heavy atom. The molecule has 114 valence electrons. The predicted molar refractivity (Wildman–Crippen MR) is 83.4 cm³/mol. The summed E-state index contributed by atoms with van der Waals surface area (Å²) in [5, 5.41) is 9.29. The number of carbonyl (C=O) groups is 2. The SMILES string of the molecule is CCN(Cc1ccc(Cl)s1)C(=O)[C@@H]1CC=CC[C@@H]1C(=O)O. The minimum atomic E-state index is -0.895. The predicted octanol–water partition coefficient (Wildman–Crippen LogP) is 3.42. The molecular weight excluding hydrogens is 310 g/mol. The number of carboxylic acid groups (broad SMARTS) is 1. The Labute approximate surface area is 133 Å². The summed E-state index contributed by atoms with van der Waals surface area (Å²) in [6, 6.07) is 3.71. The number of nitrogens with zero attached hydrogens (tertiary/aromatic N) is 1. The Hall–Kier alpha value is -1.33. The lowest BCUT2D eigenvalue weighted by molar-refractivity contribution is -0.150. The molecule has 0 aromatic carbocycles. The number of allylic oxidation sites excluding steroid dienone is 2. The molecule has 1 aromatic rings. The smallest absolute Gasteiger partial charge is 0.307 e. The van der Waals surface area contributed by atoms with Crippen LogP contribution in [0.25, 0.3) is 0 Å². The number of hydrogen-bond acceptors (Lipinski definition) is 3. The van der Waals surface area contributed by atoms with Gasteiger partial charge in [-0.15, -0.1) is 11.3 Å². The van der Waals surface area contributed by atoms with Gasteiger partial charge in [0.2, 0.25) is 5.91 Å². The number of rotatable bonds is 5. The first kappa shape index (κ1) is 16.0. The molecule has 6 heteroatoms. The number of thiophene rings is 1. The average molecular weight is 328 g/mol. The van der Waals surface area contributed by atoms with Crippen LogP contribution in [0.3, 0.4) is 0 Å². The Morgan fingerprint density at radius 1 is 1.33 bits per heavy atom. The fourth-order valence-electron chi connectivity index (χ4n) is 2.56. The lowest BCUT2D eigenvalue weighted by Crippen LogP contribution is -2.41. The minimum absolute atomic E-state index is 0.0845. The topological polar surface area (TPSA) is 57.6 Å². The molecule has 2 rings (SSSR count). The van der Waals surface area contributed by atoms with Crippen molar-refractivity contribution < 1.29 is 14.7 Å². The second-order valence-electron chi connectivity index (χ2n) is 5.05. The van der Waals surface area contributed by atoms with Gasteiger partial charge in [0.05, 0.1) is 22.7 Å². The first-order valence-electron chi connectivity index (χ1n) is 6.93. The van der Waals surface area contributed by atoms with Crippen LogP contribution >= 0.6 is 22.9 Å². The maximum absolute atomic E-state index is 12.7. The van der Waals surface area contributed by atoms with Crippen LogP contribution in [-0.4, -0.2) is 28.4 Å². The minimum Gasteiger partial charge on any atom is -0.481 e. The third-order valence-corrected chi connectivity index (χ3v) is 4.95. The molecule has 0 unspecified atom stereocenters. The van der Waals surface area contributed by atoms with E-state index in [0.717, 1.165) is 4.88 Å². The molecule has 2 atom stereocenters. The van der Waals surface area contributed by atoms with E-state index in [1.54, 1.807) is 4.90 Å². The molecule has 0 spiro atoms. The molecule has 0 fully saturated rings. The summed E-state index contributed by atoms with van der Waals surface area (Å²) < 4.78 is 0.692. The second-order valence-corrected chi connectivity index (χ2v) is 6.85. The third kappa shape index (κ3) is 3.86. The normalized spacial score (nSPS) is 21.2. The van der Waals surface area contributed by atoms with E-state index in [2.05, 4.69) is 0 Å². The molecule has 1 aliphatic rings. The maximum atomic E-state index is 12.7. The second kappa shape index (κ2) is 7.09. The van der Waals surface area contributed by atoms with Crippen LogP contribution in [0.1, 0.15) is 24.6 Å². The first-order chi connectivity index (χ1) is 10.0. The van der Waals surface area contributed by atoms with Gasteiger partial charge in [0, 0.05) is 11.4 Å². The summed E-state index contributed by atoms with van der Waals surface area (Å²) in [6.07, 6.45) is 4.67. The van der Waals surface area contributed by atoms with Crippen molar-refractivity contribution in [1.82, 2.24) is 4.90 Å². The standard InChI is InChI=1S/C15H18ClNO3S/c1-2-17(9-10-7-8-13(16)21-10)14(18)11-5-3-4-6-12(11)15(19)20/h3-4,7-8,11-12H,2,5-6,9H2,1H3,(H,19,20)/t11-,12+/m1/s1. The zero-order valence-electron chi connectivity index (χ0n) is 11.8. The molecule has 1 aliphatic carbocycles. The lowest BCUT2D eigenvalue weighted by atomic mass is 9.82. The summed E-state index contributed by atoms with van der Waals surface area (Å²) >= 11 is 7.35. The van der Waals surface area contributed by atoms with Crippen molar-refractivity contribution in [1.29, 1.82) is 0 Å². The number of carboxylic acids is 1. The number of halogens is 1. The highest BCUT2D eigenvalue weighted by Gasteiger charge is 2.36. The van der Waals surface area contributed by atoms with Crippen LogP contribution in [0.15, 0.2) is 24.3 Å². The molecule has 1 amide bonds. The van der Waals surface area contributed by atoms with Gasteiger partial charge in [-0.3, -0.25) is 9.59 Å². The van der Waals surface area contributed by atoms with Gasteiger partial charge in [-0.1, -0.05) is 23.8 Å². The van der Waals surface area contributed by atoms with Gasteiger partial charge in [-0.2, -0.15) is 0 Å². The number of hydrogen-bond donors (Lipinski definition) is 1. The highest BCUT2D eigenvalue weighted by atomic mass is 35.5. The summed E-state index contributed by atoms with van der Waals surface area (Å²) in [6.45, 7) is 2.95. The largest absolute Gasteiger partial charge is 0.481 e. The van der Waals surface area contributed by atoms with Crippen molar-refractivity contribution in [2.24, 2.45) is 11.8 Å². The van der Waals surface area contributed by atoms with Gasteiger partial charge in [0.25, 0.3) is 0 Å². The van der Waals surface area contributed by atoms with E-state index in [1.807, 2.05) is 31.2 Å². The Bertz CT molecular complexity index is 555. The van der Waals surface area contributed by atoms with Gasteiger partial charge in [0.1, 0.15) is 0 Å². The number of carbonyl (C=O) groups excluding carboxylic acids is 1. The molecule has 0 aliphatic heterocycles. The van der Waals surface area contributed by atoms with Crippen LogP contribution in [0.5, 0.6) is 0 Å². The molecule has 1 aromatic heterocycles. The fourth-order valence-corrected chi connectivity index (χ4v) is 3.67. The average Bonchev–Trinajstić information content (AvgIpc) is 2.89. The first-order valence-corrected chi connectivity index (χ1v) is 8.13. The fraction of sp³-hybridized carbons (Fsp3) is 0.467. The molecule has 4 nitrogen and oxygen atoms in total. The Kier molecular flexibility index (Phi) is 5.42. The van der Waals surface area contributed by atoms with Gasteiger partial charge < -0.3 is 10.0 Å². The maximum Gasteiger partial charge on any atom is 0.307 e. The van der Waals surface area contributed by atoms with Crippen LogP contribution < -0.4 is 0 Å². The molecule has 0 bridgehead atoms. The molecule has 1 heterocycles. The summed E-state index contributed by atoms with van der Waals surface area (Å²) in [5.41, 5.74) is 0. The zero-order chi connectivity index (χ0) is 15.4. The van der Waals surface area contributed by atoms with Crippen molar-refractivity contribution in [3.63, 3.8) is 0 Å². The van der Waals surface area contributed by atoms with Gasteiger partial charge in [-0.05, 0) is 31.9 Å². The van der Waals surface area contributed by atoms with Crippen molar-refractivity contribution in [3.8, 4) is 0 Å². The summed E-state index contributed by atoms with van der Waals surface area (Å²) in [4.78, 5) is 26.7. The third-order valence-electron chi connectivity index (χ3n) is 3.74. The zero-order valence-corrected chi connectivity index (χ0v) is 13.4. The highest BCUT2D eigenvalue weighted by molar-refractivity contribution is 7.16. The van der Waals surface area contributed by atoms with E-state index >= 15 is 0 Å². The van der Waals surface area contributed by atoms with E-state index in [1.165, 1.54) is 11.3 Å². The van der Waals surface area contributed by atoms with E-state index in [0.29, 0.717) is 30.3 Å². The Balaban J connectivity index is 2.11. The monoisotopic (exact) mass is 327 g/mol. The molecular formula is C15H18ClNO3S. The van der Waals surface area contributed by atoms with E-state index in [4.69, 9.17) is 11.6 Å². The van der Waals surface area contributed by atoms with Crippen molar-refractivity contribution >= 4 is 34.8 Å². The molecule has 0 saturated carbocycles. The summed E-state index contributed by atoms with van der Waals surface area (Å²) in [5.74, 6) is -2.07. The molecule has 1 N–H and O–H groups in total. The van der Waals surface area contributed by atoms with Crippen molar-refractivity contribution in [3.05, 3.63) is 33.5 Å².